The molecule has 2 aromatic carbocycles. The van der Waals surface area contributed by atoms with Crippen LogP contribution in [0.4, 0.5) is 16.2 Å². The molecular weight excluding hydrogens is 408 g/mol. The highest BCUT2D eigenvalue weighted by Gasteiger charge is 2.17. The number of hydrogen-bond acceptors (Lipinski definition) is 3. The number of hydrogen-bond donors (Lipinski definition) is 2. The van der Waals surface area contributed by atoms with Crippen molar-refractivity contribution < 1.29 is 14.3 Å². The number of rotatable bonds is 4. The van der Waals surface area contributed by atoms with Gasteiger partial charge in [0.15, 0.2) is 0 Å². The minimum absolute atomic E-state index is 0.0840. The van der Waals surface area contributed by atoms with Gasteiger partial charge in [0, 0.05) is 11.4 Å². The predicted molar refractivity (Wildman–Crippen MR) is 114 cm³/mol. The van der Waals surface area contributed by atoms with Crippen molar-refractivity contribution >= 4 is 39.3 Å². The highest BCUT2D eigenvalue weighted by Crippen LogP contribution is 2.28. The molecule has 0 aliphatic carbocycles. The lowest BCUT2D eigenvalue weighted by molar-refractivity contribution is -0.113. The lowest BCUT2D eigenvalue weighted by Crippen LogP contribution is -2.27. The number of carbonyl (C=O) groups is 2. The summed E-state index contributed by atoms with van der Waals surface area (Å²) >= 11 is 3.14. The van der Waals surface area contributed by atoms with E-state index in [9.17, 15) is 9.59 Å². The zero-order valence-corrected chi connectivity index (χ0v) is 17.9. The van der Waals surface area contributed by atoms with Crippen LogP contribution in [0.5, 0.6) is 0 Å². The van der Waals surface area contributed by atoms with Gasteiger partial charge in [-0.15, -0.1) is 0 Å². The van der Waals surface area contributed by atoms with Crippen molar-refractivity contribution in [1.82, 2.24) is 0 Å². The van der Waals surface area contributed by atoms with E-state index in [2.05, 4.69) is 26.6 Å². The number of halogens is 1. The quantitative estimate of drug-likeness (QED) is 0.613. The van der Waals surface area contributed by atoms with Crippen LogP contribution in [0.1, 0.15) is 31.9 Å². The third kappa shape index (κ3) is 6.10. The van der Waals surface area contributed by atoms with Gasteiger partial charge < -0.3 is 10.1 Å². The molecule has 0 saturated heterocycles. The van der Waals surface area contributed by atoms with Gasteiger partial charge in [0.1, 0.15) is 5.60 Å². The number of nitrogens with one attached hydrogen (secondary N) is 2. The predicted octanol–water partition coefficient (Wildman–Crippen LogP) is 5.65. The molecule has 0 aromatic heterocycles. The van der Waals surface area contributed by atoms with Crippen molar-refractivity contribution in [2.75, 3.05) is 16.0 Å². The average Bonchev–Trinajstić information content (AvgIpc) is 2.56. The van der Waals surface area contributed by atoms with Crippen LogP contribution in [-0.2, 0) is 9.53 Å². The zero-order valence-electron chi connectivity index (χ0n) is 16.3. The van der Waals surface area contributed by atoms with Gasteiger partial charge in [-0.05, 0) is 81.1 Å². The molecule has 6 heteroatoms. The maximum Gasteiger partial charge on any atom is 0.412 e. The Bertz CT molecular complexity index is 857. The highest BCUT2D eigenvalue weighted by molar-refractivity contribution is 9.09. The number of amides is 2. The molecule has 0 spiro atoms. The van der Waals surface area contributed by atoms with Crippen LogP contribution in [0.15, 0.2) is 36.4 Å². The Labute approximate surface area is 168 Å². The maximum absolute atomic E-state index is 12.0. The lowest BCUT2D eigenvalue weighted by atomic mass is 10.00. The lowest BCUT2D eigenvalue weighted by Gasteiger charge is -2.20. The van der Waals surface area contributed by atoms with E-state index in [1.807, 2.05) is 71.0 Å². The van der Waals surface area contributed by atoms with Gasteiger partial charge in [0.2, 0.25) is 5.91 Å². The van der Waals surface area contributed by atoms with Crippen LogP contribution in [0.3, 0.4) is 0 Å². The van der Waals surface area contributed by atoms with E-state index < -0.39 is 11.7 Å². The fourth-order valence-electron chi connectivity index (χ4n) is 2.56. The number of alkyl halides is 1. The molecule has 27 heavy (non-hydrogen) atoms. The summed E-state index contributed by atoms with van der Waals surface area (Å²) in [4.78, 5) is 23.5. The van der Waals surface area contributed by atoms with E-state index in [1.54, 1.807) is 0 Å². The Hall–Kier alpha value is -2.34. The van der Waals surface area contributed by atoms with Crippen molar-refractivity contribution in [1.29, 1.82) is 0 Å². The molecule has 0 aliphatic heterocycles. The standard InChI is InChI=1S/C21H25BrN2O3/c1-13-10-15(6-8-17(13)23-19(25)12-22)16-7-9-18(14(2)11-16)24-20(26)27-21(3,4)5/h6-11H,12H2,1-5H3,(H,23,25)(H,24,26). The van der Waals surface area contributed by atoms with E-state index in [1.165, 1.54) is 0 Å². The first-order valence-electron chi connectivity index (χ1n) is 8.66. The van der Waals surface area contributed by atoms with Crippen LogP contribution in [0.25, 0.3) is 11.1 Å². The molecule has 0 heterocycles. The van der Waals surface area contributed by atoms with Crippen molar-refractivity contribution in [2.45, 2.75) is 40.2 Å². The molecule has 2 rings (SSSR count). The van der Waals surface area contributed by atoms with Crippen molar-refractivity contribution in [3.63, 3.8) is 0 Å². The first-order valence-corrected chi connectivity index (χ1v) is 9.78. The molecule has 0 fully saturated rings. The largest absolute Gasteiger partial charge is 0.444 e. The van der Waals surface area contributed by atoms with Crippen LogP contribution >= 0.6 is 15.9 Å². The van der Waals surface area contributed by atoms with Crippen LogP contribution in [0, 0.1) is 13.8 Å². The molecule has 0 aliphatic rings. The molecule has 0 saturated carbocycles. The summed E-state index contributed by atoms with van der Waals surface area (Å²) in [5, 5.41) is 5.90. The summed E-state index contributed by atoms with van der Waals surface area (Å²) in [6.45, 7) is 9.38. The molecule has 2 amide bonds. The van der Waals surface area contributed by atoms with E-state index in [0.29, 0.717) is 5.69 Å². The second-order valence-electron chi connectivity index (χ2n) is 7.37. The molecule has 0 unspecified atom stereocenters. The minimum atomic E-state index is -0.540. The van der Waals surface area contributed by atoms with Gasteiger partial charge in [-0.3, -0.25) is 10.1 Å². The number of ether oxygens (including phenoxy) is 1. The molecule has 144 valence electrons. The summed E-state index contributed by atoms with van der Waals surface area (Å²) in [6, 6.07) is 11.7. The molecule has 2 N–H and O–H groups in total. The Morgan fingerprint density at radius 1 is 0.926 bits per heavy atom. The molecule has 0 radical (unpaired) electrons. The summed E-state index contributed by atoms with van der Waals surface area (Å²) in [5.74, 6) is -0.0840. The van der Waals surface area contributed by atoms with Gasteiger partial charge >= 0.3 is 6.09 Å². The summed E-state index contributed by atoms with van der Waals surface area (Å²) < 4.78 is 5.29. The first-order chi connectivity index (χ1) is 12.6. The number of carbonyl (C=O) groups excluding carboxylic acids is 2. The van der Waals surface area contributed by atoms with Crippen molar-refractivity contribution in [3.8, 4) is 11.1 Å². The average molecular weight is 433 g/mol. The topological polar surface area (TPSA) is 67.4 Å². The van der Waals surface area contributed by atoms with Crippen LogP contribution < -0.4 is 10.6 Å². The van der Waals surface area contributed by atoms with Gasteiger partial charge in [0.25, 0.3) is 0 Å². The van der Waals surface area contributed by atoms with E-state index in [-0.39, 0.29) is 11.2 Å². The second kappa shape index (κ2) is 8.57. The van der Waals surface area contributed by atoms with Gasteiger partial charge in [0.05, 0.1) is 5.33 Å². The van der Waals surface area contributed by atoms with Gasteiger partial charge in [-0.2, -0.15) is 0 Å². The van der Waals surface area contributed by atoms with Crippen molar-refractivity contribution in [2.24, 2.45) is 0 Å². The maximum atomic E-state index is 12.0. The fourth-order valence-corrected chi connectivity index (χ4v) is 2.70. The summed E-state index contributed by atoms with van der Waals surface area (Å²) in [7, 11) is 0. The Morgan fingerprint density at radius 2 is 1.41 bits per heavy atom. The van der Waals surface area contributed by atoms with Gasteiger partial charge in [-0.25, -0.2) is 4.79 Å². The first kappa shape index (κ1) is 21.0. The number of benzene rings is 2. The SMILES string of the molecule is Cc1cc(-c2ccc(NC(=O)OC(C)(C)C)c(C)c2)ccc1NC(=O)CBr. The molecule has 0 atom stereocenters. The Morgan fingerprint density at radius 3 is 1.81 bits per heavy atom. The van der Waals surface area contributed by atoms with Crippen LogP contribution in [0.2, 0.25) is 0 Å². The van der Waals surface area contributed by atoms with E-state index >= 15 is 0 Å². The highest BCUT2D eigenvalue weighted by atomic mass is 79.9. The van der Waals surface area contributed by atoms with Gasteiger partial charge in [-0.1, -0.05) is 28.1 Å². The fraction of sp³-hybridized carbons (Fsp3) is 0.333. The number of anilines is 2. The van der Waals surface area contributed by atoms with E-state index in [4.69, 9.17) is 4.74 Å². The minimum Gasteiger partial charge on any atom is -0.444 e. The normalized spacial score (nSPS) is 11.0. The molecule has 2 aromatic rings. The number of aryl methyl sites for hydroxylation is 2. The van der Waals surface area contributed by atoms with E-state index in [0.717, 1.165) is 27.9 Å². The monoisotopic (exact) mass is 432 g/mol. The third-order valence-corrected chi connectivity index (χ3v) is 4.33. The van der Waals surface area contributed by atoms with Crippen molar-refractivity contribution in [3.05, 3.63) is 47.5 Å². The third-order valence-electron chi connectivity index (χ3n) is 3.82. The molecule has 0 bridgehead atoms. The summed E-state index contributed by atoms with van der Waals surface area (Å²) in [6.07, 6.45) is -0.471. The second-order valence-corrected chi connectivity index (χ2v) is 7.93. The smallest absolute Gasteiger partial charge is 0.412 e. The Balaban J connectivity index is 2.18. The molecular formula is C21H25BrN2O3. The Kier molecular flexibility index (Phi) is 6.65. The summed E-state index contributed by atoms with van der Waals surface area (Å²) in [5.41, 5.74) is 4.96. The van der Waals surface area contributed by atoms with Crippen LogP contribution in [-0.4, -0.2) is 22.9 Å². The zero-order chi connectivity index (χ0) is 20.2. The molecule has 5 nitrogen and oxygen atoms in total.